The number of nitrogens with zero attached hydrogens (tertiary/aromatic N) is 5. The number of fused-ring (bicyclic) bond motifs is 1. The lowest BCUT2D eigenvalue weighted by atomic mass is 10.2. The number of amides is 2. The first-order valence-electron chi connectivity index (χ1n) is 9.86. The number of sulfonamides is 1. The molecule has 1 N–H and O–H groups in total. The summed E-state index contributed by atoms with van der Waals surface area (Å²) in [6.07, 6.45) is 10.3. The van der Waals surface area contributed by atoms with Crippen molar-refractivity contribution in [2.45, 2.75) is 30.2 Å². The Morgan fingerprint density at radius 3 is 2.50 bits per heavy atom. The van der Waals surface area contributed by atoms with Crippen molar-refractivity contribution in [3.05, 3.63) is 24.2 Å². The Balaban J connectivity index is 1.70. The van der Waals surface area contributed by atoms with Crippen LogP contribution in [0.2, 0.25) is 0 Å². The van der Waals surface area contributed by atoms with Gasteiger partial charge in [-0.3, -0.25) is 4.40 Å². The standard InChI is InChI=1S/C20H26N6O3S/c1-5-15-13-21-18-17(24-8-10-25(11-9-24)19(27)23(3)4)12-16(14-26(15)18)30(28,29)22-20(2)6-7-20/h1,12-14,22H,6-11H2,2-4H3. The SMILES string of the molecule is C#Cc1cnc2c(N3CCN(C(=O)N(C)C)CC3)cc(S(=O)(=O)NC3(C)CC3)cn12. The van der Waals surface area contributed by atoms with Gasteiger partial charge in [0.2, 0.25) is 10.0 Å². The van der Waals surface area contributed by atoms with Crippen LogP contribution in [0.15, 0.2) is 23.4 Å². The van der Waals surface area contributed by atoms with Crippen LogP contribution in [0.25, 0.3) is 5.65 Å². The summed E-state index contributed by atoms with van der Waals surface area (Å²) in [5.41, 5.74) is 1.40. The van der Waals surface area contributed by atoms with Gasteiger partial charge in [-0.1, -0.05) is 5.92 Å². The minimum absolute atomic E-state index is 0.0339. The molecule has 3 heterocycles. The van der Waals surface area contributed by atoms with Gasteiger partial charge < -0.3 is 14.7 Å². The van der Waals surface area contributed by atoms with Crippen molar-refractivity contribution >= 4 is 27.4 Å². The normalized spacial score (nSPS) is 18.3. The van der Waals surface area contributed by atoms with Gasteiger partial charge in [0.15, 0.2) is 5.65 Å². The van der Waals surface area contributed by atoms with Gasteiger partial charge in [-0.2, -0.15) is 0 Å². The van der Waals surface area contributed by atoms with Gasteiger partial charge in [0.25, 0.3) is 0 Å². The molecule has 0 radical (unpaired) electrons. The number of rotatable bonds is 4. The predicted molar refractivity (Wildman–Crippen MR) is 114 cm³/mol. The Hall–Kier alpha value is -2.77. The van der Waals surface area contributed by atoms with Crippen LogP contribution in [0.4, 0.5) is 10.5 Å². The maximum Gasteiger partial charge on any atom is 0.319 e. The Labute approximate surface area is 176 Å². The number of carbonyl (C=O) groups is 1. The van der Waals surface area contributed by atoms with Gasteiger partial charge in [-0.05, 0) is 25.8 Å². The fourth-order valence-corrected chi connectivity index (χ4v) is 5.11. The minimum Gasteiger partial charge on any atom is -0.365 e. The Bertz CT molecular complexity index is 1140. The Morgan fingerprint density at radius 2 is 1.93 bits per heavy atom. The summed E-state index contributed by atoms with van der Waals surface area (Å²) in [5.74, 6) is 2.56. The third-order valence-corrected chi connectivity index (χ3v) is 7.28. The monoisotopic (exact) mass is 430 g/mol. The number of nitrogens with one attached hydrogen (secondary N) is 1. The fraction of sp³-hybridized carbons (Fsp3) is 0.500. The molecule has 2 aromatic rings. The van der Waals surface area contributed by atoms with Crippen LogP contribution >= 0.6 is 0 Å². The highest BCUT2D eigenvalue weighted by molar-refractivity contribution is 7.89. The van der Waals surface area contributed by atoms with Crippen LogP contribution in [-0.4, -0.2) is 79.4 Å². The molecule has 0 spiro atoms. The molecule has 0 unspecified atom stereocenters. The van der Waals surface area contributed by atoms with Crippen LogP contribution in [0.3, 0.4) is 0 Å². The van der Waals surface area contributed by atoms with E-state index in [1.807, 2.05) is 6.92 Å². The molecule has 1 aliphatic heterocycles. The number of piperazine rings is 1. The lowest BCUT2D eigenvalue weighted by Gasteiger charge is -2.37. The van der Waals surface area contributed by atoms with E-state index in [0.717, 1.165) is 12.8 Å². The number of carbonyl (C=O) groups excluding carboxylic acids is 1. The number of aromatic nitrogens is 2. The molecule has 10 heteroatoms. The van der Waals surface area contributed by atoms with Gasteiger partial charge in [0.1, 0.15) is 10.6 Å². The number of hydrogen-bond donors (Lipinski definition) is 1. The summed E-state index contributed by atoms with van der Waals surface area (Å²) < 4.78 is 30.5. The number of anilines is 1. The first-order valence-corrected chi connectivity index (χ1v) is 11.3. The van der Waals surface area contributed by atoms with E-state index in [0.29, 0.717) is 43.2 Å². The molecular weight excluding hydrogens is 404 g/mol. The first-order chi connectivity index (χ1) is 14.1. The fourth-order valence-electron chi connectivity index (χ4n) is 3.63. The maximum absolute atomic E-state index is 13.0. The average Bonchev–Trinajstić information content (AvgIpc) is 3.27. The molecule has 2 fully saturated rings. The molecule has 1 saturated carbocycles. The van der Waals surface area contributed by atoms with E-state index in [1.165, 1.54) is 6.20 Å². The molecule has 160 valence electrons. The number of imidazole rings is 1. The van der Waals surface area contributed by atoms with Gasteiger partial charge in [0.05, 0.1) is 11.9 Å². The topological polar surface area (TPSA) is 90.3 Å². The van der Waals surface area contributed by atoms with Crippen LogP contribution in [0.1, 0.15) is 25.5 Å². The molecule has 2 aliphatic rings. The van der Waals surface area contributed by atoms with E-state index in [-0.39, 0.29) is 16.5 Å². The number of terminal acetylenes is 1. The number of pyridine rings is 1. The van der Waals surface area contributed by atoms with Crippen molar-refractivity contribution in [3.63, 3.8) is 0 Å². The molecule has 9 nitrogen and oxygen atoms in total. The van der Waals surface area contributed by atoms with E-state index in [4.69, 9.17) is 6.42 Å². The molecule has 0 aromatic carbocycles. The molecule has 1 saturated heterocycles. The predicted octanol–water partition coefficient (Wildman–Crippen LogP) is 0.950. The second-order valence-corrected chi connectivity index (χ2v) is 10.0. The highest BCUT2D eigenvalue weighted by Crippen LogP contribution is 2.36. The lowest BCUT2D eigenvalue weighted by molar-refractivity contribution is 0.168. The van der Waals surface area contributed by atoms with E-state index >= 15 is 0 Å². The largest absolute Gasteiger partial charge is 0.365 e. The van der Waals surface area contributed by atoms with Gasteiger partial charge >= 0.3 is 6.03 Å². The van der Waals surface area contributed by atoms with Crippen LogP contribution < -0.4 is 9.62 Å². The van der Waals surface area contributed by atoms with Crippen molar-refractivity contribution in [2.24, 2.45) is 0 Å². The second-order valence-electron chi connectivity index (χ2n) is 8.36. The zero-order valence-electron chi connectivity index (χ0n) is 17.4. The average molecular weight is 431 g/mol. The van der Waals surface area contributed by atoms with E-state index in [9.17, 15) is 13.2 Å². The summed E-state index contributed by atoms with van der Waals surface area (Å²) in [7, 11) is -0.256. The summed E-state index contributed by atoms with van der Waals surface area (Å²) >= 11 is 0. The maximum atomic E-state index is 13.0. The third kappa shape index (κ3) is 3.70. The van der Waals surface area contributed by atoms with E-state index < -0.39 is 10.0 Å². The number of hydrogen-bond acceptors (Lipinski definition) is 5. The number of urea groups is 1. The molecule has 2 aromatic heterocycles. The Kier molecular flexibility index (Phi) is 4.91. The molecule has 0 bridgehead atoms. The van der Waals surface area contributed by atoms with Crippen LogP contribution in [0.5, 0.6) is 0 Å². The van der Waals surface area contributed by atoms with E-state index in [2.05, 4.69) is 20.5 Å². The quantitative estimate of drug-likeness (QED) is 0.730. The van der Waals surface area contributed by atoms with Gasteiger partial charge in [0, 0.05) is 52.0 Å². The molecule has 1 aliphatic carbocycles. The molecule has 2 amide bonds. The highest BCUT2D eigenvalue weighted by atomic mass is 32.2. The molecule has 4 rings (SSSR count). The first kappa shape index (κ1) is 20.5. The third-order valence-electron chi connectivity index (χ3n) is 5.67. The van der Waals surface area contributed by atoms with E-state index in [1.54, 1.807) is 40.6 Å². The highest BCUT2D eigenvalue weighted by Gasteiger charge is 2.41. The summed E-state index contributed by atoms with van der Waals surface area (Å²) in [4.78, 5) is 22.2. The lowest BCUT2D eigenvalue weighted by Crippen LogP contribution is -2.51. The molecule has 0 atom stereocenters. The molecular formula is C20H26N6O3S. The zero-order valence-corrected chi connectivity index (χ0v) is 18.2. The minimum atomic E-state index is -3.71. The Morgan fingerprint density at radius 1 is 1.27 bits per heavy atom. The van der Waals surface area contributed by atoms with Crippen LogP contribution in [-0.2, 0) is 10.0 Å². The van der Waals surface area contributed by atoms with Crippen molar-refractivity contribution in [1.29, 1.82) is 0 Å². The zero-order chi connectivity index (χ0) is 21.7. The van der Waals surface area contributed by atoms with Gasteiger partial charge in [-0.15, -0.1) is 6.42 Å². The summed E-state index contributed by atoms with van der Waals surface area (Å²) in [6, 6.07) is 1.62. The van der Waals surface area contributed by atoms with Crippen molar-refractivity contribution < 1.29 is 13.2 Å². The second kappa shape index (κ2) is 7.18. The van der Waals surface area contributed by atoms with Crippen molar-refractivity contribution in [3.8, 4) is 12.3 Å². The van der Waals surface area contributed by atoms with Crippen LogP contribution in [0, 0.1) is 12.3 Å². The smallest absolute Gasteiger partial charge is 0.319 e. The van der Waals surface area contributed by atoms with Gasteiger partial charge in [-0.25, -0.2) is 22.9 Å². The molecule has 30 heavy (non-hydrogen) atoms. The summed E-state index contributed by atoms with van der Waals surface area (Å²) in [5, 5.41) is 0. The summed E-state index contributed by atoms with van der Waals surface area (Å²) in [6.45, 7) is 4.12. The van der Waals surface area contributed by atoms with Crippen molar-refractivity contribution in [1.82, 2.24) is 23.9 Å². The van der Waals surface area contributed by atoms with Crippen molar-refractivity contribution in [2.75, 3.05) is 45.2 Å².